The zero-order valence-electron chi connectivity index (χ0n) is 7.82. The summed E-state index contributed by atoms with van der Waals surface area (Å²) in [5.74, 6) is 0. The quantitative estimate of drug-likeness (QED) is 0.690. The summed E-state index contributed by atoms with van der Waals surface area (Å²) in [5.41, 5.74) is -1.92. The molecule has 3 nitrogen and oxygen atoms in total. The second kappa shape index (κ2) is 3.55. The van der Waals surface area contributed by atoms with Crippen LogP contribution in [0.25, 0.3) is 10.9 Å². The van der Waals surface area contributed by atoms with Gasteiger partial charge in [-0.05, 0) is 6.07 Å². The van der Waals surface area contributed by atoms with Crippen molar-refractivity contribution in [2.75, 3.05) is 0 Å². The summed E-state index contributed by atoms with van der Waals surface area (Å²) < 4.78 is 37.9. The maximum Gasteiger partial charge on any atom is 0.418 e. The van der Waals surface area contributed by atoms with Crippen LogP contribution in [0.5, 0.6) is 0 Å². The van der Waals surface area contributed by atoms with Crippen LogP contribution in [-0.4, -0.2) is 9.97 Å². The molecular weight excluding hydrogens is 221 g/mol. The molecule has 16 heavy (non-hydrogen) atoms. The fraction of sp³-hybridized carbons (Fsp3) is 0.100. The first-order valence-electron chi connectivity index (χ1n) is 4.32. The molecule has 2 rings (SSSR count). The van der Waals surface area contributed by atoms with Crippen molar-refractivity contribution in [1.29, 1.82) is 0 Å². The van der Waals surface area contributed by atoms with E-state index in [0.29, 0.717) is 6.20 Å². The second-order valence-corrected chi connectivity index (χ2v) is 3.08. The van der Waals surface area contributed by atoms with Crippen molar-refractivity contribution >= 4 is 10.9 Å². The minimum Gasteiger partial charge on any atom is -0.244 e. The van der Waals surface area contributed by atoms with Crippen LogP contribution in [0.2, 0.25) is 0 Å². The third kappa shape index (κ3) is 1.86. The van der Waals surface area contributed by atoms with Gasteiger partial charge in [0.25, 0.3) is 0 Å². The van der Waals surface area contributed by atoms with Gasteiger partial charge in [0.2, 0.25) is 0 Å². The Kier molecular flexibility index (Phi) is 2.34. The molecule has 0 aliphatic heterocycles. The Labute approximate surface area is 87.6 Å². The predicted molar refractivity (Wildman–Crippen MR) is 50.8 cm³/mol. The maximum absolute atomic E-state index is 12.6. The normalized spacial score (nSPS) is 11.7. The summed E-state index contributed by atoms with van der Waals surface area (Å²) in [6, 6.07) is 5.55. The standard InChI is InChI=1S/C10H5F3N2O/c11-10(12,13)7-5-14-9(16)15-8-4-2-1-3-6(7)8/h1-5H. The molecule has 82 valence electrons. The molecule has 1 heterocycles. The molecule has 0 spiro atoms. The molecule has 1 aromatic heterocycles. The van der Waals surface area contributed by atoms with Gasteiger partial charge in [0.1, 0.15) is 0 Å². The van der Waals surface area contributed by atoms with Crippen LogP contribution < -0.4 is 5.69 Å². The Balaban J connectivity index is 2.96. The summed E-state index contributed by atoms with van der Waals surface area (Å²) in [6.07, 6.45) is -4.04. The van der Waals surface area contributed by atoms with Gasteiger partial charge in [-0.25, -0.2) is 4.79 Å². The van der Waals surface area contributed by atoms with Crippen molar-refractivity contribution in [2.45, 2.75) is 6.18 Å². The molecule has 0 amide bonds. The first-order chi connectivity index (χ1) is 7.48. The zero-order chi connectivity index (χ0) is 11.8. The van der Waals surface area contributed by atoms with Gasteiger partial charge in [0.15, 0.2) is 0 Å². The molecule has 0 fully saturated rings. The maximum atomic E-state index is 12.6. The molecule has 6 heteroatoms. The number of alkyl halides is 3. The van der Waals surface area contributed by atoms with E-state index >= 15 is 0 Å². The number of hydrogen-bond donors (Lipinski definition) is 0. The average molecular weight is 226 g/mol. The fourth-order valence-electron chi connectivity index (χ4n) is 1.35. The first kappa shape index (κ1) is 10.5. The highest BCUT2D eigenvalue weighted by molar-refractivity contribution is 5.81. The Morgan fingerprint density at radius 1 is 1.12 bits per heavy atom. The van der Waals surface area contributed by atoms with Crippen LogP contribution in [-0.2, 0) is 6.18 Å². The highest BCUT2D eigenvalue weighted by atomic mass is 19.4. The van der Waals surface area contributed by atoms with Crippen molar-refractivity contribution in [3.8, 4) is 0 Å². The van der Waals surface area contributed by atoms with Crippen LogP contribution in [0.15, 0.2) is 35.3 Å². The topological polar surface area (TPSA) is 42.9 Å². The minimum atomic E-state index is -4.56. The molecule has 0 aliphatic carbocycles. The highest BCUT2D eigenvalue weighted by Gasteiger charge is 2.32. The zero-order valence-corrected chi connectivity index (χ0v) is 7.82. The van der Waals surface area contributed by atoms with Gasteiger partial charge in [-0.15, -0.1) is 0 Å². The Bertz CT molecular complexity index is 595. The summed E-state index contributed by atoms with van der Waals surface area (Å²) >= 11 is 0. The van der Waals surface area contributed by atoms with E-state index in [1.54, 1.807) is 0 Å². The molecule has 2 aromatic rings. The minimum absolute atomic E-state index is 0.0164. The van der Waals surface area contributed by atoms with Crippen LogP contribution >= 0.6 is 0 Å². The van der Waals surface area contributed by atoms with Crippen LogP contribution in [0, 0.1) is 0 Å². The molecule has 0 atom stereocenters. The number of aromatic nitrogens is 2. The fourth-order valence-corrected chi connectivity index (χ4v) is 1.35. The van der Waals surface area contributed by atoms with Crippen molar-refractivity contribution in [3.05, 3.63) is 46.5 Å². The smallest absolute Gasteiger partial charge is 0.244 e. The molecule has 0 radical (unpaired) electrons. The molecular formula is C10H5F3N2O. The molecule has 1 aromatic carbocycles. The number of benzene rings is 1. The van der Waals surface area contributed by atoms with Crippen LogP contribution in [0.3, 0.4) is 0 Å². The number of hydrogen-bond acceptors (Lipinski definition) is 3. The van der Waals surface area contributed by atoms with Gasteiger partial charge in [-0.3, -0.25) is 0 Å². The third-order valence-electron chi connectivity index (χ3n) is 2.02. The molecule has 0 bridgehead atoms. The summed E-state index contributed by atoms with van der Waals surface area (Å²) in [7, 11) is 0. The van der Waals surface area contributed by atoms with Crippen molar-refractivity contribution in [3.63, 3.8) is 0 Å². The Morgan fingerprint density at radius 2 is 1.81 bits per heavy atom. The van der Waals surface area contributed by atoms with E-state index in [-0.39, 0.29) is 10.9 Å². The van der Waals surface area contributed by atoms with E-state index in [4.69, 9.17) is 0 Å². The lowest BCUT2D eigenvalue weighted by Crippen LogP contribution is -2.06. The molecule has 0 N–H and O–H groups in total. The monoisotopic (exact) mass is 226 g/mol. The van der Waals surface area contributed by atoms with E-state index in [1.165, 1.54) is 24.3 Å². The van der Waals surface area contributed by atoms with E-state index in [9.17, 15) is 18.0 Å². The first-order valence-corrected chi connectivity index (χ1v) is 4.32. The van der Waals surface area contributed by atoms with Gasteiger partial charge in [-0.1, -0.05) is 18.2 Å². The number of rotatable bonds is 0. The SMILES string of the molecule is O=c1ncc(C(F)(F)F)c2ccccc2n1. The van der Waals surface area contributed by atoms with E-state index in [1.807, 2.05) is 0 Å². The molecule has 0 aliphatic rings. The van der Waals surface area contributed by atoms with Crippen LogP contribution in [0.1, 0.15) is 5.56 Å². The van der Waals surface area contributed by atoms with Crippen molar-refractivity contribution in [1.82, 2.24) is 9.97 Å². The lowest BCUT2D eigenvalue weighted by molar-refractivity contribution is -0.136. The molecule has 0 saturated carbocycles. The summed E-state index contributed by atoms with van der Waals surface area (Å²) in [4.78, 5) is 17.5. The van der Waals surface area contributed by atoms with E-state index in [0.717, 1.165) is 0 Å². The van der Waals surface area contributed by atoms with Gasteiger partial charge < -0.3 is 0 Å². The Hall–Kier alpha value is -1.98. The molecule has 0 unspecified atom stereocenters. The van der Waals surface area contributed by atoms with E-state index in [2.05, 4.69) is 9.97 Å². The lowest BCUT2D eigenvalue weighted by atomic mass is 10.1. The number of fused-ring (bicyclic) bond motifs is 1. The second-order valence-electron chi connectivity index (χ2n) is 3.08. The van der Waals surface area contributed by atoms with E-state index < -0.39 is 17.4 Å². The van der Waals surface area contributed by atoms with Gasteiger partial charge >= 0.3 is 11.9 Å². The number of nitrogens with zero attached hydrogens (tertiary/aromatic N) is 2. The van der Waals surface area contributed by atoms with Gasteiger partial charge in [-0.2, -0.15) is 23.1 Å². The third-order valence-corrected chi connectivity index (χ3v) is 2.02. The van der Waals surface area contributed by atoms with Gasteiger partial charge in [0, 0.05) is 11.6 Å². The van der Waals surface area contributed by atoms with Crippen molar-refractivity contribution in [2.24, 2.45) is 0 Å². The number of para-hydroxylation sites is 1. The number of halogens is 3. The summed E-state index contributed by atoms with van der Waals surface area (Å²) in [6.45, 7) is 0. The Morgan fingerprint density at radius 3 is 2.50 bits per heavy atom. The van der Waals surface area contributed by atoms with Gasteiger partial charge in [0.05, 0.1) is 11.1 Å². The molecule has 0 saturated heterocycles. The lowest BCUT2D eigenvalue weighted by Gasteiger charge is -2.05. The highest BCUT2D eigenvalue weighted by Crippen LogP contribution is 2.32. The summed E-state index contributed by atoms with van der Waals surface area (Å²) in [5, 5.41) is -0.135. The average Bonchev–Trinajstić information content (AvgIpc) is 2.34. The van der Waals surface area contributed by atoms with Crippen LogP contribution in [0.4, 0.5) is 13.2 Å². The predicted octanol–water partition coefficient (Wildman–Crippen LogP) is 2.01. The largest absolute Gasteiger partial charge is 0.418 e. The van der Waals surface area contributed by atoms with Crippen molar-refractivity contribution < 1.29 is 13.2 Å².